The number of aliphatic hydroxyl groups excluding tert-OH is 4. The predicted octanol–water partition coefficient (Wildman–Crippen LogP) is 3.60. The van der Waals surface area contributed by atoms with Crippen molar-refractivity contribution < 1.29 is 96.7 Å². The van der Waals surface area contributed by atoms with Gasteiger partial charge in [0.05, 0.1) is 50.1 Å². The molecule has 0 aromatic heterocycles. The number of rotatable bonds is 44. The van der Waals surface area contributed by atoms with Crippen LogP contribution < -0.4 is 16.4 Å². The van der Waals surface area contributed by atoms with E-state index in [1.807, 2.05) is 13.8 Å². The Morgan fingerprint density at radius 3 is 0.973 bits per heavy atom. The Bertz CT molecular complexity index is 1480. The zero-order valence-corrected chi connectivity index (χ0v) is 47.0. The van der Waals surface area contributed by atoms with Gasteiger partial charge in [-0.2, -0.15) is 47.0 Å². The maximum absolute atomic E-state index is 13.1. The van der Waals surface area contributed by atoms with E-state index in [-0.39, 0.29) is 113 Å². The molecule has 430 valence electrons. The second-order valence-electron chi connectivity index (χ2n) is 18.1. The first-order valence-corrected chi connectivity index (χ1v) is 29.2. The minimum absolute atomic E-state index is 0.0769. The van der Waals surface area contributed by atoms with Gasteiger partial charge in [-0.05, 0) is 82.3 Å². The van der Waals surface area contributed by atoms with Gasteiger partial charge in [-0.25, -0.2) is 14.4 Å². The lowest BCUT2D eigenvalue weighted by Crippen LogP contribution is -2.44. The summed E-state index contributed by atoms with van der Waals surface area (Å²) in [5.74, 6) is -0.121. The van der Waals surface area contributed by atoms with E-state index in [1.165, 1.54) is 47.0 Å². The number of carbonyl (C=O) groups excluding carboxylic acids is 8. The molecular weight excluding hydrogens is 1050 g/mol. The Hall–Kier alpha value is -3.60. The van der Waals surface area contributed by atoms with Crippen molar-refractivity contribution in [2.45, 2.75) is 136 Å². The normalized spacial score (nSPS) is 13.7. The van der Waals surface area contributed by atoms with Gasteiger partial charge in [0.2, 0.25) is 0 Å². The van der Waals surface area contributed by atoms with Crippen molar-refractivity contribution in [3.63, 3.8) is 0 Å². The minimum atomic E-state index is -1.57. The van der Waals surface area contributed by atoms with E-state index in [9.17, 15) is 58.8 Å². The summed E-state index contributed by atoms with van der Waals surface area (Å²) in [4.78, 5) is 98.5. The van der Waals surface area contributed by atoms with Gasteiger partial charge >= 0.3 is 48.1 Å². The molecule has 3 amide bonds. The average Bonchev–Trinajstić information content (AvgIpc) is 3.32. The Labute approximate surface area is 452 Å². The van der Waals surface area contributed by atoms with Gasteiger partial charge in [0.15, 0.2) is 0 Å². The van der Waals surface area contributed by atoms with Gasteiger partial charge < -0.3 is 74.7 Å². The van der Waals surface area contributed by atoms with Crippen LogP contribution in [0.5, 0.6) is 0 Å². The number of nitrogens with one attached hydrogen (secondary N) is 2. The molecular formula is C47H83N3O20S4. The highest BCUT2D eigenvalue weighted by Gasteiger charge is 2.38. The summed E-state index contributed by atoms with van der Waals surface area (Å²) in [6.07, 6.45) is -5.00. The first-order chi connectivity index (χ1) is 35.0. The molecule has 0 rings (SSSR count). The van der Waals surface area contributed by atoms with E-state index in [0.29, 0.717) is 35.2 Å². The highest BCUT2D eigenvalue weighted by atomic mass is 32.2. The quantitative estimate of drug-likeness (QED) is 0.0260. The molecule has 0 aromatic rings. The molecule has 0 radical (unpaired) electrons. The van der Waals surface area contributed by atoms with E-state index in [0.717, 1.165) is 0 Å². The van der Waals surface area contributed by atoms with Crippen LogP contribution in [0, 0.1) is 11.3 Å². The third-order valence-electron chi connectivity index (χ3n) is 9.40. The number of carbonyl (C=O) groups is 8. The van der Waals surface area contributed by atoms with Gasteiger partial charge in [0.1, 0.15) is 58.3 Å². The van der Waals surface area contributed by atoms with Gasteiger partial charge in [-0.1, -0.05) is 13.8 Å². The minimum Gasteiger partial charge on any atom is -0.465 e. The molecule has 0 saturated heterocycles. The molecule has 8 N–H and O–H groups in total. The molecule has 0 saturated carbocycles. The van der Waals surface area contributed by atoms with Crippen LogP contribution in [0.4, 0.5) is 14.4 Å². The molecule has 23 nitrogen and oxygen atoms in total. The zero-order valence-electron chi connectivity index (χ0n) is 43.8. The summed E-state index contributed by atoms with van der Waals surface area (Å²) < 4.78 is 42.3. The summed E-state index contributed by atoms with van der Waals surface area (Å²) in [7, 11) is 0. The van der Waals surface area contributed by atoms with Crippen LogP contribution in [-0.2, 0) is 61.9 Å². The van der Waals surface area contributed by atoms with Gasteiger partial charge in [-0.15, -0.1) is 0 Å². The summed E-state index contributed by atoms with van der Waals surface area (Å²) in [6, 6.07) is -0.262. The van der Waals surface area contributed by atoms with Crippen LogP contribution in [0.3, 0.4) is 0 Å². The molecule has 0 aliphatic rings. The molecule has 0 aliphatic heterocycles. The lowest BCUT2D eigenvalue weighted by Gasteiger charge is -2.31. The molecule has 4 atom stereocenters. The molecule has 0 fully saturated rings. The third kappa shape index (κ3) is 43.6. The lowest BCUT2D eigenvalue weighted by atomic mass is 9.92. The molecule has 4 unspecified atom stereocenters. The van der Waals surface area contributed by atoms with E-state index in [2.05, 4.69) is 15.4 Å². The van der Waals surface area contributed by atoms with Gasteiger partial charge in [0.25, 0.3) is 0 Å². The number of thioether (sulfide) groups is 4. The zero-order chi connectivity index (χ0) is 55.7. The van der Waals surface area contributed by atoms with Crippen molar-refractivity contribution in [1.82, 2.24) is 10.6 Å². The lowest BCUT2D eigenvalue weighted by molar-refractivity contribution is -0.170. The molecule has 0 spiro atoms. The van der Waals surface area contributed by atoms with Crippen LogP contribution in [0.2, 0.25) is 0 Å². The standard InChI is InChI=1S/C47H83N3O20S4/c1-32(2)23-43(59)63-24-35(51)7-15-71-19-11-39(55)67-28-47(29-68-40(56)12-20-72-16-8-36(52)25-64-44(48)60,30-69-41(57)13-21-73-17-9-37(53)26-65-45(61)49-33(3)4)31-70-42(58)14-22-74-18-10-38(54)27-66-46(62)50-34(5)6/h32-38,51-54H,7-31H2,1-6H3,(H2,48,60)(H,49,61)(H,50,62). The smallest absolute Gasteiger partial charge is 0.407 e. The second-order valence-corrected chi connectivity index (χ2v) is 23.0. The molecule has 0 aromatic carbocycles. The third-order valence-corrected chi connectivity index (χ3v) is 13.5. The van der Waals surface area contributed by atoms with Crippen molar-refractivity contribution in [3.8, 4) is 0 Å². The number of amides is 3. The van der Waals surface area contributed by atoms with Crippen LogP contribution in [0.1, 0.15) is 99.3 Å². The predicted molar refractivity (Wildman–Crippen MR) is 282 cm³/mol. The highest BCUT2D eigenvalue weighted by molar-refractivity contribution is 7.99. The van der Waals surface area contributed by atoms with Crippen LogP contribution in [-0.4, -0.2) is 204 Å². The number of ether oxygens (including phenoxy) is 8. The van der Waals surface area contributed by atoms with Crippen LogP contribution in [0.25, 0.3) is 0 Å². The molecule has 0 heterocycles. The fraction of sp³-hybridized carbons (Fsp3) is 0.830. The highest BCUT2D eigenvalue weighted by Crippen LogP contribution is 2.24. The first kappa shape index (κ1) is 70.4. The summed E-state index contributed by atoms with van der Waals surface area (Å²) in [6.45, 7) is 7.99. The number of nitrogens with two attached hydrogens (primary N) is 1. The number of esters is 5. The fourth-order valence-corrected chi connectivity index (χ4v) is 9.19. The van der Waals surface area contributed by atoms with Crippen molar-refractivity contribution >= 4 is 95.2 Å². The first-order valence-electron chi connectivity index (χ1n) is 24.6. The maximum Gasteiger partial charge on any atom is 0.407 e. The molecule has 27 heteroatoms. The summed E-state index contributed by atoms with van der Waals surface area (Å²) >= 11 is 5.36. The van der Waals surface area contributed by atoms with Gasteiger partial charge in [0, 0.05) is 41.5 Å². The maximum atomic E-state index is 13.1. The largest absolute Gasteiger partial charge is 0.465 e. The Morgan fingerprint density at radius 2 is 0.703 bits per heavy atom. The van der Waals surface area contributed by atoms with E-state index in [1.54, 1.807) is 27.7 Å². The average molecular weight is 1140 g/mol. The van der Waals surface area contributed by atoms with E-state index < -0.39 is 104 Å². The molecule has 0 aliphatic carbocycles. The summed E-state index contributed by atoms with van der Waals surface area (Å²) in [5, 5.41) is 45.7. The topological polar surface area (TPSA) is 341 Å². The Morgan fingerprint density at radius 1 is 0.419 bits per heavy atom. The summed E-state index contributed by atoms with van der Waals surface area (Å²) in [5.41, 5.74) is 3.36. The number of hydrogen-bond acceptors (Lipinski definition) is 24. The van der Waals surface area contributed by atoms with Crippen molar-refractivity contribution in [1.29, 1.82) is 0 Å². The van der Waals surface area contributed by atoms with Gasteiger partial charge in [-0.3, -0.25) is 24.0 Å². The Kier molecular flexibility index (Phi) is 41.4. The van der Waals surface area contributed by atoms with Crippen LogP contribution >= 0.6 is 47.0 Å². The monoisotopic (exact) mass is 1140 g/mol. The van der Waals surface area contributed by atoms with Crippen molar-refractivity contribution in [2.24, 2.45) is 17.1 Å². The van der Waals surface area contributed by atoms with E-state index in [4.69, 9.17) is 38.9 Å². The molecule has 0 bridgehead atoms. The fourth-order valence-electron chi connectivity index (χ4n) is 5.37. The van der Waals surface area contributed by atoms with Crippen molar-refractivity contribution in [2.75, 3.05) is 98.9 Å². The second kappa shape index (κ2) is 43.5. The number of aliphatic hydroxyl groups is 4. The number of hydrogen-bond donors (Lipinski definition) is 7. The SMILES string of the molecule is CC(C)CC(=O)OCC(O)CCSCCC(=O)OCC(COC(=O)CCSCCC(O)COC(N)=O)(COC(=O)CCSCCC(O)COC(=O)NC(C)C)COC(=O)CCSCCC(O)COC(=O)NC(C)C. The Balaban J connectivity index is 5.81. The number of primary amides is 1. The number of alkyl carbamates (subject to hydrolysis) is 2. The molecule has 74 heavy (non-hydrogen) atoms. The van der Waals surface area contributed by atoms with Crippen LogP contribution in [0.15, 0.2) is 0 Å². The van der Waals surface area contributed by atoms with Crippen molar-refractivity contribution in [3.05, 3.63) is 0 Å². The van der Waals surface area contributed by atoms with E-state index >= 15 is 0 Å².